The molecule has 86 valence electrons. The summed E-state index contributed by atoms with van der Waals surface area (Å²) in [6.07, 6.45) is 0. The molecule has 2 rings (SSSR count). The number of carboxylic acids is 1. The van der Waals surface area contributed by atoms with Crippen LogP contribution in [0.4, 0.5) is 5.69 Å². The predicted molar refractivity (Wildman–Crippen MR) is 64.0 cm³/mol. The molecule has 0 radical (unpaired) electrons. The Bertz CT molecular complexity index is 432. The highest BCUT2D eigenvalue weighted by molar-refractivity contribution is 5.82. The van der Waals surface area contributed by atoms with E-state index in [4.69, 9.17) is 5.11 Å². The largest absolute Gasteiger partial charge is 0.481 e. The van der Waals surface area contributed by atoms with Gasteiger partial charge in [0, 0.05) is 12.2 Å². The molecule has 1 atom stereocenters. The molecule has 16 heavy (non-hydrogen) atoms. The molecule has 0 fully saturated rings. The molecular formula is C13H17NO2. The second-order valence-electron chi connectivity index (χ2n) is 5.32. The maximum absolute atomic E-state index is 11.1. The first-order valence-electron chi connectivity index (χ1n) is 5.50. The molecule has 1 aromatic rings. The van der Waals surface area contributed by atoms with E-state index in [9.17, 15) is 4.79 Å². The van der Waals surface area contributed by atoms with Crippen LogP contribution < -0.4 is 5.32 Å². The third-order valence-corrected chi connectivity index (χ3v) is 3.09. The van der Waals surface area contributed by atoms with Crippen LogP contribution in [0.3, 0.4) is 0 Å². The van der Waals surface area contributed by atoms with Crippen molar-refractivity contribution in [1.29, 1.82) is 0 Å². The van der Waals surface area contributed by atoms with Crippen molar-refractivity contribution in [3.8, 4) is 0 Å². The second kappa shape index (κ2) is 3.51. The maximum Gasteiger partial charge on any atom is 0.312 e. The molecule has 0 bridgehead atoms. The van der Waals surface area contributed by atoms with Gasteiger partial charge in [0.15, 0.2) is 0 Å². The van der Waals surface area contributed by atoms with Crippen molar-refractivity contribution in [2.45, 2.75) is 32.1 Å². The highest BCUT2D eigenvalue weighted by Crippen LogP contribution is 2.35. The molecule has 0 spiro atoms. The quantitative estimate of drug-likeness (QED) is 0.763. The number of hydrogen-bond donors (Lipinski definition) is 2. The Hall–Kier alpha value is -1.51. The fourth-order valence-corrected chi connectivity index (χ4v) is 2.02. The Morgan fingerprint density at radius 3 is 2.69 bits per heavy atom. The summed E-state index contributed by atoms with van der Waals surface area (Å²) in [5.74, 6) is -1.16. The lowest BCUT2D eigenvalue weighted by Crippen LogP contribution is -2.15. The van der Waals surface area contributed by atoms with Crippen molar-refractivity contribution >= 4 is 11.7 Å². The molecule has 0 saturated carbocycles. The van der Waals surface area contributed by atoms with Gasteiger partial charge in [-0.05, 0) is 22.6 Å². The average Bonchev–Trinajstić information content (AvgIpc) is 2.58. The standard InChI is InChI=1S/C13H17NO2/c1-13(2,3)8-4-5-11-9(6-8)10(7-14-11)12(15)16/h4-6,10,14H,7H2,1-3H3,(H,15,16)/t10-/m1/s1. The van der Waals surface area contributed by atoms with Crippen molar-refractivity contribution in [3.05, 3.63) is 29.3 Å². The lowest BCUT2D eigenvalue weighted by molar-refractivity contribution is -0.138. The number of aliphatic carboxylic acids is 1. The molecule has 0 amide bonds. The summed E-state index contributed by atoms with van der Waals surface area (Å²) in [5, 5.41) is 12.2. The number of hydrogen-bond acceptors (Lipinski definition) is 2. The summed E-state index contributed by atoms with van der Waals surface area (Å²) >= 11 is 0. The zero-order valence-corrected chi connectivity index (χ0v) is 9.87. The molecular weight excluding hydrogens is 202 g/mol. The minimum atomic E-state index is -0.752. The van der Waals surface area contributed by atoms with Crippen LogP contribution in [0.25, 0.3) is 0 Å². The van der Waals surface area contributed by atoms with Gasteiger partial charge in [-0.2, -0.15) is 0 Å². The zero-order valence-electron chi connectivity index (χ0n) is 9.87. The molecule has 1 aliphatic rings. The van der Waals surface area contributed by atoms with Gasteiger partial charge in [0.25, 0.3) is 0 Å². The number of carbonyl (C=O) groups is 1. The number of benzene rings is 1. The molecule has 3 nitrogen and oxygen atoms in total. The fourth-order valence-electron chi connectivity index (χ4n) is 2.02. The Balaban J connectivity index is 2.45. The Morgan fingerprint density at radius 2 is 2.12 bits per heavy atom. The first-order chi connectivity index (χ1) is 7.39. The molecule has 1 aromatic carbocycles. The highest BCUT2D eigenvalue weighted by Gasteiger charge is 2.29. The van der Waals surface area contributed by atoms with Crippen LogP contribution in [-0.4, -0.2) is 17.6 Å². The third kappa shape index (κ3) is 1.77. The van der Waals surface area contributed by atoms with Crippen molar-refractivity contribution in [2.24, 2.45) is 0 Å². The van der Waals surface area contributed by atoms with Gasteiger partial charge in [-0.1, -0.05) is 32.9 Å². The third-order valence-electron chi connectivity index (χ3n) is 3.09. The summed E-state index contributed by atoms with van der Waals surface area (Å²) in [6.45, 7) is 6.89. The van der Waals surface area contributed by atoms with E-state index in [1.807, 2.05) is 12.1 Å². The predicted octanol–water partition coefficient (Wildman–Crippen LogP) is 2.58. The van der Waals surface area contributed by atoms with Crippen molar-refractivity contribution < 1.29 is 9.90 Å². The summed E-state index contributed by atoms with van der Waals surface area (Å²) in [4.78, 5) is 11.1. The molecule has 0 aromatic heterocycles. The van der Waals surface area contributed by atoms with Crippen molar-refractivity contribution in [2.75, 3.05) is 11.9 Å². The molecule has 2 N–H and O–H groups in total. The first-order valence-corrected chi connectivity index (χ1v) is 5.50. The van der Waals surface area contributed by atoms with Gasteiger partial charge in [-0.3, -0.25) is 4.79 Å². The van der Waals surface area contributed by atoms with E-state index < -0.39 is 11.9 Å². The normalized spacial score (nSPS) is 19.1. The van der Waals surface area contributed by atoms with E-state index in [0.717, 1.165) is 11.3 Å². The van der Waals surface area contributed by atoms with Gasteiger partial charge in [0.05, 0.1) is 0 Å². The second-order valence-corrected chi connectivity index (χ2v) is 5.32. The van der Waals surface area contributed by atoms with Crippen LogP contribution in [0.15, 0.2) is 18.2 Å². The van der Waals surface area contributed by atoms with E-state index in [-0.39, 0.29) is 5.41 Å². The summed E-state index contributed by atoms with van der Waals surface area (Å²) < 4.78 is 0. The van der Waals surface area contributed by atoms with Crippen LogP contribution in [0.2, 0.25) is 0 Å². The minimum absolute atomic E-state index is 0.0562. The first kappa shape index (κ1) is 11.0. The Labute approximate surface area is 95.5 Å². The topological polar surface area (TPSA) is 49.3 Å². The van der Waals surface area contributed by atoms with Crippen molar-refractivity contribution in [3.63, 3.8) is 0 Å². The van der Waals surface area contributed by atoms with E-state index in [2.05, 4.69) is 32.2 Å². The van der Waals surface area contributed by atoms with Crippen LogP contribution in [-0.2, 0) is 10.2 Å². The molecule has 1 heterocycles. The summed E-state index contributed by atoms with van der Waals surface area (Å²) in [5.41, 5.74) is 3.11. The summed E-state index contributed by atoms with van der Waals surface area (Å²) in [6, 6.07) is 6.07. The monoisotopic (exact) mass is 219 g/mol. The minimum Gasteiger partial charge on any atom is -0.481 e. The van der Waals surface area contributed by atoms with Gasteiger partial charge >= 0.3 is 5.97 Å². The average molecular weight is 219 g/mol. The lowest BCUT2D eigenvalue weighted by Gasteiger charge is -2.20. The fraction of sp³-hybridized carbons (Fsp3) is 0.462. The number of nitrogens with one attached hydrogen (secondary N) is 1. The van der Waals surface area contributed by atoms with Gasteiger partial charge < -0.3 is 10.4 Å². The molecule has 0 aliphatic carbocycles. The Kier molecular flexibility index (Phi) is 2.41. The molecule has 0 saturated heterocycles. The number of fused-ring (bicyclic) bond motifs is 1. The van der Waals surface area contributed by atoms with Gasteiger partial charge in [-0.25, -0.2) is 0 Å². The van der Waals surface area contributed by atoms with E-state index in [0.29, 0.717) is 6.54 Å². The van der Waals surface area contributed by atoms with Gasteiger partial charge in [0.1, 0.15) is 5.92 Å². The van der Waals surface area contributed by atoms with Crippen LogP contribution in [0.5, 0.6) is 0 Å². The number of anilines is 1. The van der Waals surface area contributed by atoms with Crippen LogP contribution in [0, 0.1) is 0 Å². The highest BCUT2D eigenvalue weighted by atomic mass is 16.4. The van der Waals surface area contributed by atoms with E-state index in [1.54, 1.807) is 0 Å². The van der Waals surface area contributed by atoms with Crippen LogP contribution >= 0.6 is 0 Å². The van der Waals surface area contributed by atoms with E-state index in [1.165, 1.54) is 5.56 Å². The zero-order chi connectivity index (χ0) is 11.9. The van der Waals surface area contributed by atoms with Crippen LogP contribution in [0.1, 0.15) is 37.8 Å². The maximum atomic E-state index is 11.1. The molecule has 1 aliphatic heterocycles. The Morgan fingerprint density at radius 1 is 1.44 bits per heavy atom. The summed E-state index contributed by atoms with van der Waals surface area (Å²) in [7, 11) is 0. The molecule has 0 unspecified atom stereocenters. The SMILES string of the molecule is CC(C)(C)c1ccc2c(c1)[C@H](C(=O)O)CN2. The number of carboxylic acid groups (broad SMARTS) is 1. The van der Waals surface area contributed by atoms with Crippen molar-refractivity contribution in [1.82, 2.24) is 0 Å². The molecule has 3 heteroatoms. The number of rotatable bonds is 1. The smallest absolute Gasteiger partial charge is 0.312 e. The van der Waals surface area contributed by atoms with Gasteiger partial charge in [0.2, 0.25) is 0 Å². The van der Waals surface area contributed by atoms with Gasteiger partial charge in [-0.15, -0.1) is 0 Å². The van der Waals surface area contributed by atoms with E-state index >= 15 is 0 Å². The lowest BCUT2D eigenvalue weighted by atomic mass is 9.85.